The summed E-state index contributed by atoms with van der Waals surface area (Å²) in [7, 11) is -0.574. The van der Waals surface area contributed by atoms with Crippen LogP contribution < -0.4 is 8.85 Å². The van der Waals surface area contributed by atoms with Crippen molar-refractivity contribution < 1.29 is 23.3 Å². The van der Waals surface area contributed by atoms with Gasteiger partial charge in [-0.1, -0.05) is 143 Å². The van der Waals surface area contributed by atoms with Gasteiger partial charge in [-0.3, -0.25) is 14.4 Å². The number of carbonyl (C=O) groups excluding carboxylic acids is 2. The fraction of sp³-hybridized carbons (Fsp3) is 0.559. The van der Waals surface area contributed by atoms with Crippen LogP contribution in [-0.4, -0.2) is 47.5 Å². The van der Waals surface area contributed by atoms with Gasteiger partial charge in [0.25, 0.3) is 5.91 Å². The minimum Gasteiger partial charge on any atom is -0.543 e. The molecule has 0 bridgehead atoms. The molecule has 0 aliphatic heterocycles. The van der Waals surface area contributed by atoms with E-state index in [1.165, 1.54) is 51.1 Å². The molecule has 0 aromatic heterocycles. The molecule has 0 heterocycles. The number of rotatable bonds is 17. The Morgan fingerprint density at radius 2 is 0.908 bits per heavy atom. The average molecular weight is 1070 g/mol. The minimum atomic E-state index is -1.90. The number of nitrogens with zero attached hydrogens (tertiary/aromatic N) is 1. The van der Waals surface area contributed by atoms with Gasteiger partial charge in [0.15, 0.2) is 0 Å². The predicted octanol–water partition coefficient (Wildman–Crippen LogP) is 17.9. The number of hydrogen-bond acceptors (Lipinski definition) is 5. The van der Waals surface area contributed by atoms with Gasteiger partial charge < -0.3 is 8.85 Å². The predicted molar refractivity (Wildman–Crippen MR) is 327 cm³/mol. The fourth-order valence-corrected chi connectivity index (χ4v) is 12.3. The van der Waals surface area contributed by atoms with E-state index in [1.54, 1.807) is 7.05 Å². The maximum Gasteiger partial charge on any atom is 0.252 e. The molecule has 0 atom stereocenters. The molecular weight excluding hydrogens is 967 g/mol. The number of carbonyl (C=O) groups is 2. The molecule has 0 unspecified atom stereocenters. The van der Waals surface area contributed by atoms with Crippen LogP contribution in [0.5, 0.6) is 11.5 Å². The van der Waals surface area contributed by atoms with Gasteiger partial charge in [-0.05, 0) is 203 Å². The number of benzene rings is 4. The Morgan fingerprint density at radius 1 is 0.566 bits per heavy atom. The molecule has 0 spiro atoms. The number of Topliss-reactive ketones (excluding diaryl/α,β-unsaturated/α-hetero) is 1. The first kappa shape index (κ1) is 63.7. The van der Waals surface area contributed by atoms with Crippen molar-refractivity contribution in [1.82, 2.24) is 5.06 Å². The van der Waals surface area contributed by atoms with Crippen LogP contribution in [0, 0.1) is 62.7 Å². The topological polar surface area (TPSA) is 65.1 Å². The van der Waals surface area contributed by atoms with E-state index in [1.807, 2.05) is 0 Å². The third-order valence-corrected chi connectivity index (χ3v) is 27.5. The van der Waals surface area contributed by atoms with Crippen LogP contribution >= 0.6 is 0 Å². The number of aryl methyl sites for hydroxylation is 4. The smallest absolute Gasteiger partial charge is 0.252 e. The van der Waals surface area contributed by atoms with Crippen molar-refractivity contribution in [2.24, 2.45) is 10.8 Å². The summed E-state index contributed by atoms with van der Waals surface area (Å²) >= 11 is 0. The largest absolute Gasteiger partial charge is 0.543 e. The molecule has 6 nitrogen and oxygen atoms in total. The molecule has 414 valence electrons. The van der Waals surface area contributed by atoms with Crippen LogP contribution in [0.3, 0.4) is 0 Å². The molecule has 0 saturated heterocycles. The Balaban J connectivity index is 0.000000278. The van der Waals surface area contributed by atoms with Crippen molar-refractivity contribution in [3.63, 3.8) is 0 Å². The zero-order valence-corrected chi connectivity index (χ0v) is 53.6. The van der Waals surface area contributed by atoms with Gasteiger partial charge in [-0.15, -0.1) is 6.42 Å². The Labute approximate surface area is 465 Å². The van der Waals surface area contributed by atoms with Crippen molar-refractivity contribution in [3.8, 4) is 35.7 Å². The van der Waals surface area contributed by atoms with Gasteiger partial charge in [-0.25, -0.2) is 5.06 Å². The second kappa shape index (κ2) is 24.9. The Kier molecular flexibility index (Phi) is 20.8. The van der Waals surface area contributed by atoms with E-state index in [0.29, 0.717) is 0 Å². The van der Waals surface area contributed by atoms with Gasteiger partial charge >= 0.3 is 0 Å². The van der Waals surface area contributed by atoms with Gasteiger partial charge in [-0.2, -0.15) is 0 Å². The highest BCUT2D eigenvalue weighted by Crippen LogP contribution is 2.51. The summed E-state index contributed by atoms with van der Waals surface area (Å²) in [6.07, 6.45) is 15.6. The Hall–Kier alpha value is -4.87. The molecule has 4 aromatic rings. The lowest BCUT2D eigenvalue weighted by atomic mass is 9.70. The second-order valence-electron chi connectivity index (χ2n) is 25.3. The van der Waals surface area contributed by atoms with E-state index >= 15 is 0 Å². The van der Waals surface area contributed by atoms with Crippen molar-refractivity contribution >= 4 is 28.3 Å². The Morgan fingerprint density at radius 3 is 1.18 bits per heavy atom. The van der Waals surface area contributed by atoms with E-state index in [9.17, 15) is 9.59 Å². The molecule has 2 aliphatic carbocycles. The first-order valence-electron chi connectivity index (χ1n) is 28.5. The van der Waals surface area contributed by atoms with Crippen LogP contribution in [0.25, 0.3) is 0 Å². The van der Waals surface area contributed by atoms with Crippen LogP contribution in [0.2, 0.25) is 36.3 Å². The summed E-state index contributed by atoms with van der Waals surface area (Å²) in [6, 6.07) is 26.8. The number of hydrogen-bond donors (Lipinski definition) is 0. The number of ketones is 1. The lowest BCUT2D eigenvalue weighted by molar-refractivity contribution is -0.175. The maximum absolute atomic E-state index is 12.6. The third kappa shape index (κ3) is 13.9. The van der Waals surface area contributed by atoms with Crippen LogP contribution in [0.15, 0.2) is 72.8 Å². The van der Waals surface area contributed by atoms with Gasteiger partial charge in [0, 0.05) is 34.4 Å². The van der Waals surface area contributed by atoms with Crippen molar-refractivity contribution in [3.05, 3.63) is 128 Å². The zero-order chi connectivity index (χ0) is 57.5. The lowest BCUT2D eigenvalue weighted by Gasteiger charge is -2.38. The van der Waals surface area contributed by atoms with Crippen LogP contribution in [0.4, 0.5) is 0 Å². The maximum atomic E-state index is 12.6. The van der Waals surface area contributed by atoms with Gasteiger partial charge in [0.1, 0.15) is 11.5 Å². The summed E-state index contributed by atoms with van der Waals surface area (Å²) in [4.78, 5) is 28.9. The molecule has 0 radical (unpaired) electrons. The highest BCUT2D eigenvalue weighted by atomic mass is 28.4. The van der Waals surface area contributed by atoms with Crippen molar-refractivity contribution in [1.29, 1.82) is 0 Å². The normalized spacial score (nSPS) is 14.8. The molecule has 6 rings (SSSR count). The molecule has 2 saturated carbocycles. The minimum absolute atomic E-state index is 0.0157. The molecule has 1 amide bonds. The summed E-state index contributed by atoms with van der Waals surface area (Å²) < 4.78 is 13.3. The van der Waals surface area contributed by atoms with E-state index in [4.69, 9.17) is 20.1 Å². The second-order valence-corrected chi connectivity index (χ2v) is 34.7. The first-order valence-corrected chi connectivity index (χ1v) is 34.3. The number of hydroxylamine groups is 2. The quantitative estimate of drug-likeness (QED) is 0.0599. The SMILES string of the molecule is C#Cc1ccc(C(CC)(CC)c2ccc(O[Si](C)(C)C(C)(C)C)c(C)c2)cc1C.CCC1(C(=O)C#Cc2ccc(C(CC)(CC)c3ccc(O[Si](C)(C)C(C)(C)C)c(C)c3)cc2C)CC1.CCC1(C(=O)N(C)OC)CC1. The highest BCUT2D eigenvalue weighted by molar-refractivity contribution is 6.75. The molecule has 2 fully saturated rings. The molecular formula is C68H99NO5Si2. The Bertz CT molecular complexity index is 2770. The fourth-order valence-electron chi connectivity index (χ4n) is 10.1. The van der Waals surface area contributed by atoms with E-state index in [2.05, 4.69) is 228 Å². The lowest BCUT2D eigenvalue weighted by Crippen LogP contribution is -2.44. The molecule has 76 heavy (non-hydrogen) atoms. The zero-order valence-electron chi connectivity index (χ0n) is 51.6. The van der Waals surface area contributed by atoms with Crippen LogP contribution in [-0.2, 0) is 25.3 Å². The molecule has 8 heteroatoms. The monoisotopic (exact) mass is 1070 g/mol. The van der Waals surface area contributed by atoms with Crippen molar-refractivity contribution in [2.45, 2.75) is 222 Å². The molecule has 2 aliphatic rings. The highest BCUT2D eigenvalue weighted by Gasteiger charge is 2.50. The third-order valence-electron chi connectivity index (χ3n) is 18.8. The number of terminal acetylenes is 1. The van der Waals surface area contributed by atoms with Crippen LogP contribution in [0.1, 0.15) is 203 Å². The number of amides is 1. The van der Waals surface area contributed by atoms with E-state index < -0.39 is 16.6 Å². The van der Waals surface area contributed by atoms with Gasteiger partial charge in [0.2, 0.25) is 22.4 Å². The standard InChI is InChI=1S/C33H46O2Si.C27H38OSi.C8H15NO2/c1-11-32(20-21-32)30(34)19-15-26-14-16-27(22-24(26)4)33(12-2,13-3)28-17-18-29(25(5)23-28)35-36(9,10)31(6,7)8;1-11-22-14-15-23(18-20(22)4)27(12-2,13-3)24-16-17-25(21(5)19-24)28-29(9,10)26(6,7)8;1-4-8(5-6-8)7(10)9(2)11-3/h14,16-18,22-23H,11-13,20-21H2,1-10H3;1,14-19H,12-13H2,2-10H3;4-6H2,1-3H3. The van der Waals surface area contributed by atoms with E-state index in [0.717, 1.165) is 92.4 Å². The first-order chi connectivity index (χ1) is 35.3. The van der Waals surface area contributed by atoms with Crippen molar-refractivity contribution in [2.75, 3.05) is 14.2 Å². The molecule has 0 N–H and O–H groups in total. The van der Waals surface area contributed by atoms with Gasteiger partial charge in [0.05, 0.1) is 12.5 Å². The summed E-state index contributed by atoms with van der Waals surface area (Å²) in [5, 5.41) is 1.68. The average Bonchev–Trinajstić information content (AvgIpc) is 4.32. The van der Waals surface area contributed by atoms with E-state index in [-0.39, 0.29) is 43.4 Å². The molecule has 4 aromatic carbocycles. The summed E-state index contributed by atoms with van der Waals surface area (Å²) in [5.41, 5.74) is 11.7. The summed E-state index contributed by atoms with van der Waals surface area (Å²) in [6.45, 7) is 44.7. The summed E-state index contributed by atoms with van der Waals surface area (Å²) in [5.74, 6) is 11.2.